The molecular weight excluding hydrogens is 1350 g/mol. The minimum Gasteiger partial charge on any atom is -0.353 e. The molecule has 11 aromatic rings. The second-order valence-corrected chi connectivity index (χ2v) is 30.8. The second-order valence-electron chi connectivity index (χ2n) is 24.2. The molecule has 0 radical (unpaired) electrons. The van der Waals surface area contributed by atoms with E-state index in [1.54, 1.807) is 32.0 Å². The summed E-state index contributed by atoms with van der Waals surface area (Å²) in [6.45, 7) is 2.10. The quantitative estimate of drug-likeness (QED) is 0.0400. The van der Waals surface area contributed by atoms with Gasteiger partial charge in [-0.1, -0.05) is 133 Å². The van der Waals surface area contributed by atoms with Crippen LogP contribution in [0.15, 0.2) is 183 Å². The number of amides is 1. The molecule has 3 aromatic carbocycles. The Bertz CT molecular complexity index is 4740. The van der Waals surface area contributed by atoms with Gasteiger partial charge in [-0.15, -0.1) is 34.0 Å². The van der Waals surface area contributed by atoms with Crippen LogP contribution >= 0.6 is 81.1 Å². The maximum absolute atomic E-state index is 13.0. The van der Waals surface area contributed by atoms with Crippen molar-refractivity contribution < 1.29 is 19.2 Å². The van der Waals surface area contributed by atoms with Crippen LogP contribution in [0.5, 0.6) is 0 Å². The zero-order valence-electron chi connectivity index (χ0n) is 52.5. The summed E-state index contributed by atoms with van der Waals surface area (Å²) in [6, 6.07) is 37.9. The Balaban J connectivity index is 0.000000116. The Morgan fingerprint density at radius 2 is 0.969 bits per heavy atom. The first-order valence-corrected chi connectivity index (χ1v) is 38.8. The molecule has 0 saturated heterocycles. The number of ketones is 3. The monoisotopic (exact) mass is 1410 g/mol. The van der Waals surface area contributed by atoms with Crippen LogP contribution in [-0.2, 0) is 4.79 Å². The number of rotatable bonds is 21. The summed E-state index contributed by atoms with van der Waals surface area (Å²) in [5, 5.41) is 13.9. The van der Waals surface area contributed by atoms with Gasteiger partial charge in [-0.25, -0.2) is 24.9 Å². The van der Waals surface area contributed by atoms with Crippen molar-refractivity contribution in [2.24, 2.45) is 5.92 Å². The number of carbonyl (C=O) groups is 4. The van der Waals surface area contributed by atoms with Gasteiger partial charge in [-0.2, -0.15) is 0 Å². The van der Waals surface area contributed by atoms with Crippen LogP contribution in [0.2, 0.25) is 0 Å². The molecule has 96 heavy (non-hydrogen) atoms. The summed E-state index contributed by atoms with van der Waals surface area (Å²) in [6.07, 6.45) is 15.8. The first-order chi connectivity index (χ1) is 46.8. The number of para-hydroxylation sites is 2. The Morgan fingerprint density at radius 3 is 1.50 bits per heavy atom. The smallest absolute Gasteiger partial charge is 0.263 e. The highest BCUT2D eigenvalue weighted by Gasteiger charge is 2.34. The number of nitrogens with zero attached hydrogens (tertiary/aromatic N) is 9. The van der Waals surface area contributed by atoms with E-state index in [1.807, 2.05) is 130 Å². The molecule has 18 nitrogen and oxygen atoms in total. The number of nitrogens with one attached hydrogen (secondary N) is 1. The number of Topliss-reactive ketones (excluding diaryl/α,β-unsaturated/α-hetero) is 3. The van der Waals surface area contributed by atoms with Crippen LogP contribution in [-0.4, -0.2) is 95.5 Å². The molecule has 1 unspecified atom stereocenters. The van der Waals surface area contributed by atoms with Gasteiger partial charge in [0.25, 0.3) is 22.2 Å². The van der Waals surface area contributed by atoms with Crippen molar-refractivity contribution in [3.63, 3.8) is 0 Å². The van der Waals surface area contributed by atoms with Crippen LogP contribution in [0.3, 0.4) is 0 Å². The van der Waals surface area contributed by atoms with E-state index in [4.69, 9.17) is 4.98 Å². The van der Waals surface area contributed by atoms with Crippen LogP contribution in [0.1, 0.15) is 144 Å². The standard InChI is InChI=1S/C19H25N3O2S2.C19H16N2O2S.C17H14N2O2S2.C16H13N3O2S2/c1-12(13-7-8-13)22-18(24)15-9-10-25-17(15)21-19(22)26-11-16(23)20-14-5-3-2-4-6-14;22-17(13-6-2-1-3-7-13)12-24-19-20-16-9-5-4-8-15(16)18(23)21(19)14-10-11-14;20-14(15-6-3-9-22-15)10-23-17-18-13-5-2-1-4-12(13)16(21)19(17)11-7-8-11;20-12(13-4-2-8-22-13)9-23-16-18-14-11(3-1-7-17-14)15(21)19(16)10-5-6-10/h9-10,12-14H,2-8,11H2,1H3,(H,20,23);1-9,14H,10-12H2;1-6,9,11H,7-8,10H2;1-4,7-8,10H,5-6,9H2. The lowest BCUT2D eigenvalue weighted by Crippen LogP contribution is -2.37. The number of fused-ring (bicyclic) bond motifs is 4. The number of benzene rings is 3. The predicted molar refractivity (Wildman–Crippen MR) is 388 cm³/mol. The molecule has 1 atom stereocenters. The Labute approximate surface area is 581 Å². The fourth-order valence-electron chi connectivity index (χ4n) is 11.5. The minimum absolute atomic E-state index is 0.00207. The molecule has 0 bridgehead atoms. The number of hydrogen-bond donors (Lipinski definition) is 1. The molecule has 5 fully saturated rings. The number of thiophene rings is 3. The first-order valence-electron chi connectivity index (χ1n) is 32.3. The van der Waals surface area contributed by atoms with Crippen molar-refractivity contribution in [2.45, 2.75) is 141 Å². The lowest BCUT2D eigenvalue weighted by atomic mass is 9.95. The van der Waals surface area contributed by atoms with Gasteiger partial charge in [0.05, 0.1) is 65.3 Å². The van der Waals surface area contributed by atoms with Gasteiger partial charge in [-0.05, 0) is 148 Å². The molecule has 8 aromatic heterocycles. The average Bonchev–Trinajstić information content (AvgIpc) is 1.55. The summed E-state index contributed by atoms with van der Waals surface area (Å²) in [7, 11) is 0. The first kappa shape index (κ1) is 66.9. The molecule has 492 valence electrons. The number of hydrogen-bond acceptors (Lipinski definition) is 20. The van der Waals surface area contributed by atoms with E-state index in [0.29, 0.717) is 87.9 Å². The van der Waals surface area contributed by atoms with E-state index >= 15 is 0 Å². The molecule has 5 aliphatic rings. The number of thioether (sulfide) groups is 4. The predicted octanol–water partition coefficient (Wildman–Crippen LogP) is 14.6. The highest BCUT2D eigenvalue weighted by molar-refractivity contribution is 8.00. The third-order valence-corrected chi connectivity index (χ3v) is 23.6. The van der Waals surface area contributed by atoms with E-state index < -0.39 is 0 Å². The molecule has 0 spiro atoms. The van der Waals surface area contributed by atoms with E-state index in [2.05, 4.69) is 32.2 Å². The third-order valence-electron chi connectivity index (χ3n) is 17.1. The zero-order chi connectivity index (χ0) is 66.2. The van der Waals surface area contributed by atoms with E-state index in [-0.39, 0.29) is 81.2 Å². The topological polar surface area (TPSA) is 233 Å². The van der Waals surface area contributed by atoms with Gasteiger partial charge in [0, 0.05) is 42.0 Å². The third kappa shape index (κ3) is 16.2. The summed E-state index contributed by atoms with van der Waals surface area (Å²) < 4.78 is 7.10. The fraction of sp³-hybridized carbons (Fsp3) is 0.338. The number of pyridine rings is 1. The van der Waals surface area contributed by atoms with Crippen molar-refractivity contribution >= 4 is 147 Å². The molecule has 25 heteroatoms. The molecule has 5 aliphatic carbocycles. The summed E-state index contributed by atoms with van der Waals surface area (Å²) >= 11 is 9.78. The molecular formula is C71H68N10O8S7. The molecule has 1 N–H and O–H groups in total. The lowest BCUT2D eigenvalue weighted by Gasteiger charge is -2.23. The van der Waals surface area contributed by atoms with Gasteiger partial charge in [0.2, 0.25) is 5.91 Å². The maximum atomic E-state index is 13.0. The van der Waals surface area contributed by atoms with E-state index in [9.17, 15) is 38.4 Å². The van der Waals surface area contributed by atoms with Crippen molar-refractivity contribution in [2.75, 3.05) is 23.0 Å². The van der Waals surface area contributed by atoms with Crippen molar-refractivity contribution in [1.82, 2.24) is 48.5 Å². The van der Waals surface area contributed by atoms with Gasteiger partial charge in [-0.3, -0.25) is 56.6 Å². The van der Waals surface area contributed by atoms with Crippen molar-refractivity contribution in [1.29, 1.82) is 0 Å². The normalized spacial score (nSPS) is 15.6. The molecule has 1 amide bonds. The SMILES string of the molecule is CC(C1CC1)n1c(SCC(=O)NC2CCCCC2)nc2sccc2c1=O.O=C(CSc1nc2ccccc2c(=O)n1C1CC1)c1ccccc1.O=C(CSc1nc2ccccc2c(=O)n1C1CC1)c1cccs1.O=C(CSc1nc2ncccc2c(=O)n1C1CC1)c1cccs1. The van der Waals surface area contributed by atoms with Crippen LogP contribution < -0.4 is 27.6 Å². The average molecular weight is 1410 g/mol. The number of carbonyl (C=O) groups excluding carboxylic acids is 4. The van der Waals surface area contributed by atoms with Crippen molar-refractivity contribution in [3.8, 4) is 0 Å². The molecule has 0 aliphatic heterocycles. The summed E-state index contributed by atoms with van der Waals surface area (Å²) in [5.74, 6) is 1.96. The van der Waals surface area contributed by atoms with Crippen LogP contribution in [0.25, 0.3) is 43.1 Å². The lowest BCUT2D eigenvalue weighted by molar-refractivity contribution is -0.119. The highest BCUT2D eigenvalue weighted by atomic mass is 32.2. The van der Waals surface area contributed by atoms with Gasteiger partial charge >= 0.3 is 0 Å². The minimum atomic E-state index is -0.0586. The van der Waals surface area contributed by atoms with E-state index in [0.717, 1.165) is 66.0 Å². The van der Waals surface area contributed by atoms with E-state index in [1.165, 1.54) is 113 Å². The number of aromatic nitrogens is 9. The largest absolute Gasteiger partial charge is 0.353 e. The van der Waals surface area contributed by atoms with Crippen LogP contribution in [0, 0.1) is 5.92 Å². The molecule has 16 rings (SSSR count). The van der Waals surface area contributed by atoms with Crippen molar-refractivity contribution in [3.05, 3.63) is 200 Å². The Hall–Kier alpha value is -7.65. The highest BCUT2D eigenvalue weighted by Crippen LogP contribution is 2.42. The van der Waals surface area contributed by atoms with Gasteiger partial charge < -0.3 is 5.32 Å². The maximum Gasteiger partial charge on any atom is 0.263 e. The van der Waals surface area contributed by atoms with Gasteiger partial charge in [0.15, 0.2) is 43.6 Å². The summed E-state index contributed by atoms with van der Waals surface area (Å²) in [5.41, 5.74) is 2.49. The fourth-order valence-corrected chi connectivity index (χ4v) is 17.5. The van der Waals surface area contributed by atoms with Gasteiger partial charge in [0.1, 0.15) is 4.83 Å². The van der Waals surface area contributed by atoms with Crippen LogP contribution in [0.4, 0.5) is 0 Å². The Kier molecular flexibility index (Phi) is 21.5. The second kappa shape index (κ2) is 30.8. The zero-order valence-corrected chi connectivity index (χ0v) is 58.2. The molecule has 5 saturated carbocycles. The Morgan fingerprint density at radius 1 is 0.469 bits per heavy atom. The summed E-state index contributed by atoms with van der Waals surface area (Å²) in [4.78, 5) is 125. The molecule has 8 heterocycles.